The molecule has 1 aliphatic heterocycles. The van der Waals surface area contributed by atoms with Crippen LogP contribution in [0.4, 0.5) is 0 Å². The van der Waals surface area contributed by atoms with Gasteiger partial charge in [0.05, 0.1) is 11.1 Å². The van der Waals surface area contributed by atoms with Gasteiger partial charge < -0.3 is 5.11 Å². The highest BCUT2D eigenvalue weighted by Crippen LogP contribution is 2.40. The van der Waals surface area contributed by atoms with Gasteiger partial charge in [-0.25, -0.2) is 0 Å². The number of imide groups is 1. The van der Waals surface area contributed by atoms with Crippen molar-refractivity contribution in [2.75, 3.05) is 18.1 Å². The summed E-state index contributed by atoms with van der Waals surface area (Å²) in [5.74, 6) is 2.04. The number of thioether (sulfide) groups is 1. The van der Waals surface area contributed by atoms with Crippen molar-refractivity contribution in [3.05, 3.63) is 64.2 Å². The van der Waals surface area contributed by atoms with Crippen LogP contribution in [0.2, 0.25) is 0 Å². The summed E-state index contributed by atoms with van der Waals surface area (Å²) in [5.41, 5.74) is 4.12. The normalized spacial score (nSPS) is 14.2. The molecule has 0 aliphatic carbocycles. The van der Waals surface area contributed by atoms with Gasteiger partial charge in [-0.15, -0.1) is 0 Å². The average molecular weight is 468 g/mol. The van der Waals surface area contributed by atoms with Gasteiger partial charge in [0, 0.05) is 6.54 Å². The Balaban J connectivity index is 1.48. The van der Waals surface area contributed by atoms with E-state index in [9.17, 15) is 14.7 Å². The van der Waals surface area contributed by atoms with E-state index in [0.29, 0.717) is 23.4 Å². The van der Waals surface area contributed by atoms with E-state index >= 15 is 0 Å². The zero-order valence-electron chi connectivity index (χ0n) is 20.8. The lowest BCUT2D eigenvalue weighted by Gasteiger charge is -2.28. The molecule has 4 nitrogen and oxygen atoms in total. The molecule has 0 radical (unpaired) electrons. The van der Waals surface area contributed by atoms with E-state index in [2.05, 4.69) is 53.7 Å². The lowest BCUT2D eigenvalue weighted by molar-refractivity contribution is 0.0655. The molecule has 178 valence electrons. The summed E-state index contributed by atoms with van der Waals surface area (Å²) < 4.78 is 0. The van der Waals surface area contributed by atoms with E-state index in [0.717, 1.165) is 41.9 Å². The van der Waals surface area contributed by atoms with E-state index in [-0.39, 0.29) is 22.6 Å². The van der Waals surface area contributed by atoms with E-state index < -0.39 is 0 Å². The van der Waals surface area contributed by atoms with Crippen molar-refractivity contribution in [1.29, 1.82) is 0 Å². The number of phenolic OH excluding ortho intramolecular Hbond substituents is 1. The van der Waals surface area contributed by atoms with E-state index in [1.807, 2.05) is 11.8 Å². The molecule has 0 unspecified atom stereocenters. The first-order valence-corrected chi connectivity index (χ1v) is 13.0. The second-order valence-corrected chi connectivity index (χ2v) is 12.1. The number of phenols is 1. The minimum absolute atomic E-state index is 0.112. The van der Waals surface area contributed by atoms with Crippen molar-refractivity contribution in [3.63, 3.8) is 0 Å². The maximum Gasteiger partial charge on any atom is 0.261 e. The summed E-state index contributed by atoms with van der Waals surface area (Å²) in [6.07, 6.45) is 2.82. The molecule has 0 saturated heterocycles. The summed E-state index contributed by atoms with van der Waals surface area (Å²) in [6, 6.07) is 11.4. The largest absolute Gasteiger partial charge is 0.507 e. The second-order valence-electron chi connectivity index (χ2n) is 10.9. The van der Waals surface area contributed by atoms with Gasteiger partial charge in [-0.2, -0.15) is 11.8 Å². The molecule has 33 heavy (non-hydrogen) atoms. The van der Waals surface area contributed by atoms with Crippen molar-refractivity contribution in [3.8, 4) is 5.75 Å². The van der Waals surface area contributed by atoms with Gasteiger partial charge in [-0.3, -0.25) is 14.5 Å². The Morgan fingerprint density at radius 3 is 1.79 bits per heavy atom. The molecule has 0 bridgehead atoms. The Kier molecular flexibility index (Phi) is 7.62. The van der Waals surface area contributed by atoms with Gasteiger partial charge in [0.2, 0.25) is 0 Å². The molecule has 0 fully saturated rings. The number of nitrogens with zero attached hydrogens (tertiary/aromatic N) is 1. The van der Waals surface area contributed by atoms with Crippen LogP contribution in [0.25, 0.3) is 0 Å². The lowest BCUT2D eigenvalue weighted by atomic mass is 9.78. The number of amides is 2. The highest BCUT2D eigenvalue weighted by molar-refractivity contribution is 7.99. The minimum Gasteiger partial charge on any atom is -0.507 e. The predicted octanol–water partition coefficient (Wildman–Crippen LogP) is 6.34. The molecule has 0 aromatic heterocycles. The molecule has 2 amide bonds. The topological polar surface area (TPSA) is 57.6 Å². The first-order chi connectivity index (χ1) is 15.4. The summed E-state index contributed by atoms with van der Waals surface area (Å²) in [4.78, 5) is 26.2. The van der Waals surface area contributed by atoms with Crippen LogP contribution in [0, 0.1) is 0 Å². The Bertz CT molecular complexity index is 960. The molecular weight excluding hydrogens is 430 g/mol. The number of benzene rings is 2. The van der Waals surface area contributed by atoms with Crippen LogP contribution in [0.15, 0.2) is 36.4 Å². The van der Waals surface area contributed by atoms with Crippen molar-refractivity contribution >= 4 is 23.6 Å². The van der Waals surface area contributed by atoms with Gasteiger partial charge in [0.1, 0.15) is 5.75 Å². The molecule has 5 heteroatoms. The van der Waals surface area contributed by atoms with Gasteiger partial charge >= 0.3 is 0 Å². The Morgan fingerprint density at radius 1 is 0.818 bits per heavy atom. The van der Waals surface area contributed by atoms with E-state index in [1.54, 1.807) is 24.3 Å². The number of carbonyl (C=O) groups excluding carboxylic acids is 2. The Hall–Kier alpha value is -2.27. The van der Waals surface area contributed by atoms with E-state index in [1.165, 1.54) is 10.5 Å². The van der Waals surface area contributed by atoms with Gasteiger partial charge in [-0.1, -0.05) is 65.8 Å². The third-order valence-electron chi connectivity index (χ3n) is 6.09. The Morgan fingerprint density at radius 2 is 1.30 bits per heavy atom. The summed E-state index contributed by atoms with van der Waals surface area (Å²) in [7, 11) is 0. The van der Waals surface area contributed by atoms with Crippen LogP contribution in [0.1, 0.15) is 91.8 Å². The van der Waals surface area contributed by atoms with Gasteiger partial charge in [0.25, 0.3) is 11.8 Å². The van der Waals surface area contributed by atoms with Crippen LogP contribution >= 0.6 is 11.8 Å². The first-order valence-electron chi connectivity index (χ1n) is 11.8. The third kappa shape index (κ3) is 5.81. The number of carbonyl (C=O) groups is 2. The second kappa shape index (κ2) is 9.92. The fraction of sp³-hybridized carbons (Fsp3) is 0.500. The zero-order valence-corrected chi connectivity index (χ0v) is 21.6. The molecule has 3 rings (SSSR count). The molecule has 1 aliphatic rings. The summed E-state index contributed by atoms with van der Waals surface area (Å²) in [6.45, 7) is 13.3. The minimum atomic E-state index is -0.169. The quantitative estimate of drug-likeness (QED) is 0.364. The number of rotatable bonds is 8. The standard InChI is InChI=1S/C28H37NO3S/c1-27(2,3)22-17-19(18-23(24(22)30)28(4,5)6)11-9-15-33-16-10-14-29-25(31)20-12-7-8-13-21(20)26(29)32/h7-8,12-13,17-18,30H,9-11,14-16H2,1-6H3. The SMILES string of the molecule is CC(C)(C)c1cc(CCCSCCCN2C(=O)c3ccccc3C2=O)cc(C(C)(C)C)c1O. The van der Waals surface area contributed by atoms with Gasteiger partial charge in [0.15, 0.2) is 0 Å². The highest BCUT2D eigenvalue weighted by atomic mass is 32.2. The maximum atomic E-state index is 12.4. The molecule has 0 saturated carbocycles. The highest BCUT2D eigenvalue weighted by Gasteiger charge is 2.34. The first kappa shape index (κ1) is 25.4. The molecule has 2 aromatic rings. The maximum absolute atomic E-state index is 12.4. The van der Waals surface area contributed by atoms with Crippen molar-refractivity contribution < 1.29 is 14.7 Å². The molecule has 2 aromatic carbocycles. The summed E-state index contributed by atoms with van der Waals surface area (Å²) in [5, 5.41) is 10.9. The lowest BCUT2D eigenvalue weighted by Crippen LogP contribution is -2.31. The summed E-state index contributed by atoms with van der Waals surface area (Å²) >= 11 is 1.87. The third-order valence-corrected chi connectivity index (χ3v) is 7.24. The fourth-order valence-electron chi connectivity index (χ4n) is 4.23. The molecule has 0 atom stereocenters. The monoisotopic (exact) mass is 467 g/mol. The number of aryl methyl sites for hydroxylation is 1. The fourth-order valence-corrected chi connectivity index (χ4v) is 5.12. The van der Waals surface area contributed by atoms with Crippen LogP contribution < -0.4 is 0 Å². The van der Waals surface area contributed by atoms with Crippen molar-refractivity contribution in [2.45, 2.75) is 71.6 Å². The van der Waals surface area contributed by atoms with Crippen molar-refractivity contribution in [2.24, 2.45) is 0 Å². The van der Waals surface area contributed by atoms with Crippen LogP contribution in [0.5, 0.6) is 5.75 Å². The van der Waals surface area contributed by atoms with Crippen LogP contribution in [0.3, 0.4) is 0 Å². The van der Waals surface area contributed by atoms with E-state index in [4.69, 9.17) is 0 Å². The number of fused-ring (bicyclic) bond motifs is 1. The number of hydrogen-bond acceptors (Lipinski definition) is 4. The number of aromatic hydroxyl groups is 1. The zero-order chi connectivity index (χ0) is 24.4. The predicted molar refractivity (Wildman–Crippen MR) is 138 cm³/mol. The average Bonchev–Trinajstić information content (AvgIpc) is 2.97. The van der Waals surface area contributed by atoms with Crippen LogP contribution in [-0.4, -0.2) is 39.9 Å². The molecular formula is C28H37NO3S. The number of hydrogen-bond donors (Lipinski definition) is 1. The Labute approximate surface area is 202 Å². The van der Waals surface area contributed by atoms with Crippen LogP contribution in [-0.2, 0) is 17.3 Å². The molecule has 0 spiro atoms. The smallest absolute Gasteiger partial charge is 0.261 e. The van der Waals surface area contributed by atoms with Gasteiger partial charge in [-0.05, 0) is 70.4 Å². The van der Waals surface area contributed by atoms with Crippen molar-refractivity contribution in [1.82, 2.24) is 4.90 Å². The molecule has 1 N–H and O–H groups in total. The molecule has 1 heterocycles.